The Morgan fingerprint density at radius 3 is 1.89 bits per heavy atom. The molecular formula is C12H22N4O2S. The molecule has 2 N–H and O–H groups in total. The van der Waals surface area contributed by atoms with E-state index in [0.29, 0.717) is 13.1 Å². The zero-order valence-corrected chi connectivity index (χ0v) is 12.7. The molecule has 0 saturated carbocycles. The van der Waals surface area contributed by atoms with Crippen molar-refractivity contribution in [3.05, 3.63) is 12.4 Å². The van der Waals surface area contributed by atoms with Gasteiger partial charge in [0, 0.05) is 13.1 Å². The zero-order chi connectivity index (χ0) is 14.6. The van der Waals surface area contributed by atoms with Crippen LogP contribution in [0.15, 0.2) is 17.3 Å². The van der Waals surface area contributed by atoms with E-state index in [4.69, 9.17) is 5.73 Å². The lowest BCUT2D eigenvalue weighted by Crippen LogP contribution is -2.37. The van der Waals surface area contributed by atoms with Crippen LogP contribution in [0.3, 0.4) is 0 Å². The number of nitrogen functional groups attached to an aromatic ring is 1. The third-order valence-corrected chi connectivity index (χ3v) is 4.21. The second-order valence-corrected chi connectivity index (χ2v) is 7.32. The number of sulfonamides is 1. The van der Waals surface area contributed by atoms with Gasteiger partial charge < -0.3 is 5.73 Å². The molecule has 1 aromatic rings. The molecule has 0 spiro atoms. The summed E-state index contributed by atoms with van der Waals surface area (Å²) >= 11 is 0. The summed E-state index contributed by atoms with van der Waals surface area (Å²) in [6.45, 7) is 8.91. The monoisotopic (exact) mass is 286 g/mol. The Kier molecular flexibility index (Phi) is 5.25. The molecule has 1 rings (SSSR count). The van der Waals surface area contributed by atoms with Crippen LogP contribution in [0.4, 0.5) is 5.95 Å². The maximum absolute atomic E-state index is 12.5. The summed E-state index contributed by atoms with van der Waals surface area (Å²) in [5.41, 5.74) is 5.38. The molecule has 0 aliphatic carbocycles. The smallest absolute Gasteiger partial charge is 0.246 e. The van der Waals surface area contributed by atoms with Crippen LogP contribution in [0.25, 0.3) is 0 Å². The van der Waals surface area contributed by atoms with E-state index in [0.717, 1.165) is 0 Å². The van der Waals surface area contributed by atoms with E-state index in [9.17, 15) is 8.42 Å². The van der Waals surface area contributed by atoms with E-state index in [1.54, 1.807) is 0 Å². The average Bonchev–Trinajstić information content (AvgIpc) is 2.27. The van der Waals surface area contributed by atoms with Crippen LogP contribution in [-0.2, 0) is 10.0 Å². The lowest BCUT2D eigenvalue weighted by Gasteiger charge is -2.25. The molecule has 0 aromatic carbocycles. The molecule has 108 valence electrons. The SMILES string of the molecule is CC(C)CN(CC(C)C)S(=O)(=O)c1cnc(N)nc1. The first-order chi connectivity index (χ1) is 8.73. The number of hydrogen-bond acceptors (Lipinski definition) is 5. The van der Waals surface area contributed by atoms with Crippen LogP contribution in [0.2, 0.25) is 0 Å². The molecule has 7 heteroatoms. The van der Waals surface area contributed by atoms with Crippen LogP contribution in [0, 0.1) is 11.8 Å². The molecule has 0 amide bonds. The number of anilines is 1. The summed E-state index contributed by atoms with van der Waals surface area (Å²) < 4.78 is 26.5. The third kappa shape index (κ3) is 4.43. The summed E-state index contributed by atoms with van der Waals surface area (Å²) in [4.78, 5) is 7.58. The van der Waals surface area contributed by atoms with E-state index in [-0.39, 0.29) is 22.7 Å². The summed E-state index contributed by atoms with van der Waals surface area (Å²) in [5, 5.41) is 0. The molecular weight excluding hydrogens is 264 g/mol. The fourth-order valence-corrected chi connectivity index (χ4v) is 3.35. The molecule has 0 bridgehead atoms. The van der Waals surface area contributed by atoms with Crippen molar-refractivity contribution in [2.75, 3.05) is 18.8 Å². The van der Waals surface area contributed by atoms with Gasteiger partial charge in [-0.1, -0.05) is 27.7 Å². The van der Waals surface area contributed by atoms with Gasteiger partial charge in [0.15, 0.2) is 0 Å². The lowest BCUT2D eigenvalue weighted by molar-refractivity contribution is 0.333. The van der Waals surface area contributed by atoms with Gasteiger partial charge >= 0.3 is 0 Å². The number of rotatable bonds is 6. The van der Waals surface area contributed by atoms with Crippen molar-refractivity contribution < 1.29 is 8.42 Å². The van der Waals surface area contributed by atoms with Gasteiger partial charge in [0.05, 0.1) is 12.4 Å². The highest BCUT2D eigenvalue weighted by atomic mass is 32.2. The standard InChI is InChI=1S/C12H22N4O2S/c1-9(2)7-16(8-10(3)4)19(17,18)11-5-14-12(13)15-6-11/h5-6,9-10H,7-8H2,1-4H3,(H2,13,14,15). The maximum atomic E-state index is 12.5. The average molecular weight is 286 g/mol. The number of hydrogen-bond donors (Lipinski definition) is 1. The number of nitrogens with two attached hydrogens (primary N) is 1. The Morgan fingerprint density at radius 1 is 1.11 bits per heavy atom. The van der Waals surface area contributed by atoms with Gasteiger partial charge in [-0.3, -0.25) is 0 Å². The van der Waals surface area contributed by atoms with Crippen molar-refractivity contribution in [1.82, 2.24) is 14.3 Å². The van der Waals surface area contributed by atoms with Crippen LogP contribution >= 0.6 is 0 Å². The van der Waals surface area contributed by atoms with Crippen molar-refractivity contribution in [2.24, 2.45) is 11.8 Å². The second kappa shape index (κ2) is 6.29. The van der Waals surface area contributed by atoms with Gasteiger partial charge in [-0.15, -0.1) is 0 Å². The van der Waals surface area contributed by atoms with Crippen molar-refractivity contribution in [1.29, 1.82) is 0 Å². The highest BCUT2D eigenvalue weighted by Crippen LogP contribution is 2.17. The quantitative estimate of drug-likeness (QED) is 0.853. The number of nitrogens with zero attached hydrogens (tertiary/aromatic N) is 3. The zero-order valence-electron chi connectivity index (χ0n) is 11.9. The first-order valence-electron chi connectivity index (χ1n) is 6.31. The van der Waals surface area contributed by atoms with E-state index in [1.807, 2.05) is 27.7 Å². The molecule has 6 nitrogen and oxygen atoms in total. The predicted molar refractivity (Wildman–Crippen MR) is 74.9 cm³/mol. The van der Waals surface area contributed by atoms with Crippen molar-refractivity contribution in [2.45, 2.75) is 32.6 Å². The van der Waals surface area contributed by atoms with Crippen molar-refractivity contribution >= 4 is 16.0 Å². The van der Waals surface area contributed by atoms with E-state index < -0.39 is 10.0 Å². The summed E-state index contributed by atoms with van der Waals surface area (Å²) in [5.74, 6) is 0.574. The first kappa shape index (κ1) is 15.8. The maximum Gasteiger partial charge on any atom is 0.246 e. The second-order valence-electron chi connectivity index (χ2n) is 5.39. The van der Waals surface area contributed by atoms with Crippen molar-refractivity contribution in [3.8, 4) is 0 Å². The van der Waals surface area contributed by atoms with Crippen LogP contribution < -0.4 is 5.73 Å². The van der Waals surface area contributed by atoms with E-state index in [1.165, 1.54) is 16.7 Å². The Balaban J connectivity index is 3.07. The molecule has 19 heavy (non-hydrogen) atoms. The summed E-state index contributed by atoms with van der Waals surface area (Å²) in [7, 11) is -3.56. The van der Waals surface area contributed by atoms with Gasteiger partial charge in [0.2, 0.25) is 16.0 Å². The predicted octanol–water partition coefficient (Wildman–Crippen LogP) is 1.36. The van der Waals surface area contributed by atoms with Gasteiger partial charge in [0.25, 0.3) is 0 Å². The topological polar surface area (TPSA) is 89.2 Å². The summed E-state index contributed by atoms with van der Waals surface area (Å²) in [6.07, 6.45) is 2.51. The minimum absolute atomic E-state index is 0.0678. The molecule has 0 aliphatic heterocycles. The molecule has 0 saturated heterocycles. The summed E-state index contributed by atoms with van der Waals surface area (Å²) in [6, 6.07) is 0. The Labute approximate surface area is 115 Å². The Morgan fingerprint density at radius 2 is 1.53 bits per heavy atom. The van der Waals surface area contributed by atoms with Crippen molar-refractivity contribution in [3.63, 3.8) is 0 Å². The first-order valence-corrected chi connectivity index (χ1v) is 7.75. The Bertz CT molecular complexity index is 487. The van der Waals surface area contributed by atoms with E-state index in [2.05, 4.69) is 9.97 Å². The molecule has 0 atom stereocenters. The highest BCUT2D eigenvalue weighted by Gasteiger charge is 2.26. The normalized spacial score (nSPS) is 12.6. The molecule has 0 fully saturated rings. The van der Waals surface area contributed by atoms with Crippen LogP contribution in [0.5, 0.6) is 0 Å². The van der Waals surface area contributed by atoms with Crippen LogP contribution in [0.1, 0.15) is 27.7 Å². The Hall–Kier alpha value is -1.21. The minimum atomic E-state index is -3.56. The molecule has 1 aromatic heterocycles. The van der Waals surface area contributed by atoms with E-state index >= 15 is 0 Å². The number of aromatic nitrogens is 2. The fraction of sp³-hybridized carbons (Fsp3) is 0.667. The highest BCUT2D eigenvalue weighted by molar-refractivity contribution is 7.89. The van der Waals surface area contributed by atoms with Gasteiger partial charge in [-0.05, 0) is 11.8 Å². The van der Waals surface area contributed by atoms with Crippen LogP contribution in [-0.4, -0.2) is 35.8 Å². The van der Waals surface area contributed by atoms with Gasteiger partial charge in [-0.2, -0.15) is 4.31 Å². The largest absolute Gasteiger partial charge is 0.368 e. The molecule has 0 unspecified atom stereocenters. The lowest BCUT2D eigenvalue weighted by atomic mass is 10.2. The minimum Gasteiger partial charge on any atom is -0.368 e. The molecule has 0 radical (unpaired) electrons. The van der Waals surface area contributed by atoms with Gasteiger partial charge in [-0.25, -0.2) is 18.4 Å². The third-order valence-electron chi connectivity index (χ3n) is 2.42. The molecule has 1 heterocycles. The molecule has 0 aliphatic rings. The fourth-order valence-electron chi connectivity index (χ4n) is 1.69. The van der Waals surface area contributed by atoms with Gasteiger partial charge in [0.1, 0.15) is 4.90 Å².